The van der Waals surface area contributed by atoms with Crippen molar-refractivity contribution in [1.29, 1.82) is 0 Å². The van der Waals surface area contributed by atoms with Crippen LogP contribution in [0.15, 0.2) is 0 Å². The Morgan fingerprint density at radius 3 is 1.45 bits per heavy atom. The molecule has 1 N–H and O–H groups in total. The van der Waals surface area contributed by atoms with Crippen LogP contribution in [0.25, 0.3) is 0 Å². The van der Waals surface area contributed by atoms with Crippen molar-refractivity contribution in [2.45, 2.75) is 46.3 Å². The largest absolute Gasteiger partial charge is 0.444 e. The van der Waals surface area contributed by atoms with Crippen LogP contribution in [0, 0.1) is 0 Å². The summed E-state index contributed by atoms with van der Waals surface area (Å²) in [6.07, 6.45) is -0.209. The number of alkyl carbamates (subject to hydrolysis) is 1. The number of hydrogen-bond donors (Lipinski definition) is 1. The van der Waals surface area contributed by atoms with Gasteiger partial charge in [0.2, 0.25) is 0 Å². The maximum atomic E-state index is 11.4. The van der Waals surface area contributed by atoms with Crippen molar-refractivity contribution in [3.8, 4) is 0 Å². The molecule has 0 atom stereocenters. The number of carbonyl (C=O) groups excluding carboxylic acids is 1. The molecule has 0 aromatic carbocycles. The Balaban J connectivity index is 3.13. The molecule has 0 spiro atoms. The Hall–Kier alpha value is -0.970. The molecule has 9 nitrogen and oxygen atoms in total. The molecule has 174 valence electrons. The molecule has 0 heterocycles. The normalized spacial score (nSPS) is 11.8. The lowest BCUT2D eigenvalue weighted by Crippen LogP contribution is -2.34. The third-order valence-electron chi connectivity index (χ3n) is 3.08. The second kappa shape index (κ2) is 19.0. The molecule has 29 heavy (non-hydrogen) atoms. The Morgan fingerprint density at radius 2 is 1.07 bits per heavy atom. The Kier molecular flexibility index (Phi) is 18.4. The van der Waals surface area contributed by atoms with Gasteiger partial charge in [0.1, 0.15) is 5.60 Å². The molecular formula is C20H41NO8. The zero-order valence-electron chi connectivity index (χ0n) is 18.8. The van der Waals surface area contributed by atoms with E-state index in [-0.39, 0.29) is 6.10 Å². The van der Waals surface area contributed by atoms with Crippen LogP contribution in [0.4, 0.5) is 4.79 Å². The number of ether oxygens (including phenoxy) is 7. The van der Waals surface area contributed by atoms with Crippen molar-refractivity contribution < 1.29 is 38.0 Å². The van der Waals surface area contributed by atoms with Gasteiger partial charge in [0.05, 0.1) is 78.8 Å². The number of hydrogen-bond acceptors (Lipinski definition) is 8. The molecule has 0 aromatic rings. The lowest BCUT2D eigenvalue weighted by molar-refractivity contribution is -0.0212. The van der Waals surface area contributed by atoms with Crippen LogP contribution in [0.2, 0.25) is 0 Å². The van der Waals surface area contributed by atoms with Crippen LogP contribution in [-0.4, -0.2) is 97.0 Å². The Labute approximate surface area is 175 Å². The van der Waals surface area contributed by atoms with E-state index in [2.05, 4.69) is 5.32 Å². The molecule has 0 aliphatic heterocycles. The van der Waals surface area contributed by atoms with Crippen molar-refractivity contribution >= 4 is 6.09 Å². The fraction of sp³-hybridized carbons (Fsp3) is 0.950. The number of nitrogens with one attached hydrogen (secondary N) is 1. The highest BCUT2D eigenvalue weighted by atomic mass is 16.6. The van der Waals surface area contributed by atoms with E-state index in [0.29, 0.717) is 79.2 Å². The summed E-state index contributed by atoms with van der Waals surface area (Å²) in [6.45, 7) is 15.5. The summed E-state index contributed by atoms with van der Waals surface area (Å²) in [4.78, 5) is 11.4. The van der Waals surface area contributed by atoms with Gasteiger partial charge >= 0.3 is 6.09 Å². The minimum Gasteiger partial charge on any atom is -0.444 e. The molecule has 0 saturated carbocycles. The number of amides is 1. The van der Waals surface area contributed by atoms with Gasteiger partial charge in [-0.3, -0.25) is 0 Å². The van der Waals surface area contributed by atoms with Crippen molar-refractivity contribution in [2.24, 2.45) is 0 Å². The van der Waals surface area contributed by atoms with Gasteiger partial charge in [-0.05, 0) is 34.6 Å². The molecular weight excluding hydrogens is 382 g/mol. The zero-order chi connectivity index (χ0) is 21.8. The highest BCUT2D eigenvalue weighted by Crippen LogP contribution is 2.05. The maximum Gasteiger partial charge on any atom is 0.407 e. The first-order chi connectivity index (χ1) is 13.8. The van der Waals surface area contributed by atoms with Gasteiger partial charge in [0.15, 0.2) is 0 Å². The monoisotopic (exact) mass is 423 g/mol. The minimum absolute atomic E-state index is 0.233. The molecule has 0 saturated heterocycles. The van der Waals surface area contributed by atoms with Gasteiger partial charge in [-0.2, -0.15) is 0 Å². The molecule has 0 unspecified atom stereocenters. The molecule has 0 bridgehead atoms. The summed E-state index contributed by atoms with van der Waals surface area (Å²) in [5.41, 5.74) is -0.496. The molecule has 9 heteroatoms. The molecule has 0 fully saturated rings. The van der Waals surface area contributed by atoms with Crippen LogP contribution < -0.4 is 5.32 Å². The van der Waals surface area contributed by atoms with Gasteiger partial charge in [0.25, 0.3) is 0 Å². The number of rotatable bonds is 19. The average molecular weight is 424 g/mol. The summed E-state index contributed by atoms with van der Waals surface area (Å²) in [5, 5.41) is 2.62. The lowest BCUT2D eigenvalue weighted by atomic mass is 10.2. The second-order valence-electron chi connectivity index (χ2n) is 7.41. The van der Waals surface area contributed by atoms with E-state index >= 15 is 0 Å². The lowest BCUT2D eigenvalue weighted by Gasteiger charge is -2.19. The molecule has 0 rings (SSSR count). The van der Waals surface area contributed by atoms with Gasteiger partial charge in [-0.25, -0.2) is 4.79 Å². The summed E-state index contributed by atoms with van der Waals surface area (Å²) in [7, 11) is 0. The van der Waals surface area contributed by atoms with E-state index < -0.39 is 11.7 Å². The molecule has 1 amide bonds. The smallest absolute Gasteiger partial charge is 0.407 e. The average Bonchev–Trinajstić information content (AvgIpc) is 2.62. The maximum absolute atomic E-state index is 11.4. The quantitative estimate of drug-likeness (QED) is 0.315. The molecule has 0 aromatic heterocycles. The van der Waals surface area contributed by atoms with Gasteiger partial charge in [0, 0.05) is 6.54 Å². The summed E-state index contributed by atoms with van der Waals surface area (Å²) in [5.74, 6) is 0. The van der Waals surface area contributed by atoms with E-state index in [4.69, 9.17) is 33.2 Å². The second-order valence-corrected chi connectivity index (χ2v) is 7.41. The fourth-order valence-corrected chi connectivity index (χ4v) is 1.86. The SMILES string of the molecule is CC(C)OCCOCCOCCOCCOCCOCCNC(=O)OC(C)(C)C. The first-order valence-corrected chi connectivity index (χ1v) is 10.3. The summed E-state index contributed by atoms with van der Waals surface area (Å²) < 4.78 is 37.4. The van der Waals surface area contributed by atoms with Gasteiger partial charge < -0.3 is 38.5 Å². The van der Waals surface area contributed by atoms with E-state index in [9.17, 15) is 4.79 Å². The fourth-order valence-electron chi connectivity index (χ4n) is 1.86. The van der Waals surface area contributed by atoms with Crippen LogP contribution in [0.3, 0.4) is 0 Å². The third kappa shape index (κ3) is 25.0. The zero-order valence-corrected chi connectivity index (χ0v) is 18.8. The van der Waals surface area contributed by atoms with E-state index in [1.165, 1.54) is 0 Å². The topological polar surface area (TPSA) is 93.7 Å². The van der Waals surface area contributed by atoms with Crippen molar-refractivity contribution in [3.63, 3.8) is 0 Å². The van der Waals surface area contributed by atoms with Crippen molar-refractivity contribution in [2.75, 3.05) is 79.2 Å². The summed E-state index contributed by atoms with van der Waals surface area (Å²) in [6, 6.07) is 0. The highest BCUT2D eigenvalue weighted by molar-refractivity contribution is 5.67. The van der Waals surface area contributed by atoms with Gasteiger partial charge in [-0.1, -0.05) is 0 Å². The molecule has 0 aliphatic carbocycles. The molecule has 0 aliphatic rings. The van der Waals surface area contributed by atoms with E-state index in [0.717, 1.165) is 0 Å². The van der Waals surface area contributed by atoms with Crippen LogP contribution >= 0.6 is 0 Å². The first-order valence-electron chi connectivity index (χ1n) is 10.3. The van der Waals surface area contributed by atoms with E-state index in [1.54, 1.807) is 0 Å². The Bertz CT molecular complexity index is 374. The minimum atomic E-state index is -0.496. The van der Waals surface area contributed by atoms with Crippen molar-refractivity contribution in [3.05, 3.63) is 0 Å². The molecule has 0 radical (unpaired) electrons. The number of carbonyl (C=O) groups is 1. The van der Waals surface area contributed by atoms with Crippen LogP contribution in [0.1, 0.15) is 34.6 Å². The van der Waals surface area contributed by atoms with E-state index in [1.807, 2.05) is 34.6 Å². The van der Waals surface area contributed by atoms with Crippen molar-refractivity contribution in [1.82, 2.24) is 5.32 Å². The Morgan fingerprint density at radius 1 is 0.690 bits per heavy atom. The standard InChI is InChI=1S/C20H41NO8/c1-18(2)28-17-16-27-15-14-26-13-12-25-11-10-24-9-8-23-7-6-21-19(22)29-20(3,4)5/h18H,6-17H2,1-5H3,(H,21,22). The third-order valence-corrected chi connectivity index (χ3v) is 3.08. The van der Waals surface area contributed by atoms with Crippen LogP contribution in [0.5, 0.6) is 0 Å². The predicted molar refractivity (Wildman–Crippen MR) is 109 cm³/mol. The predicted octanol–water partition coefficient (Wildman–Crippen LogP) is 2.02. The first kappa shape index (κ1) is 28.0. The highest BCUT2D eigenvalue weighted by Gasteiger charge is 2.15. The van der Waals surface area contributed by atoms with Crippen LogP contribution in [-0.2, 0) is 33.2 Å². The van der Waals surface area contributed by atoms with Gasteiger partial charge in [-0.15, -0.1) is 0 Å². The summed E-state index contributed by atoms with van der Waals surface area (Å²) >= 11 is 0.